The van der Waals surface area contributed by atoms with Gasteiger partial charge in [-0.05, 0) is 44.8 Å². The van der Waals surface area contributed by atoms with Crippen LogP contribution >= 0.6 is 31.9 Å². The van der Waals surface area contributed by atoms with Gasteiger partial charge < -0.3 is 15.0 Å². The second kappa shape index (κ2) is 5.75. The average molecular weight is 375 g/mol. The van der Waals surface area contributed by atoms with Gasteiger partial charge in [-0.1, -0.05) is 0 Å². The molecule has 0 bridgehead atoms. The van der Waals surface area contributed by atoms with E-state index < -0.39 is 0 Å². The topological polar surface area (TPSA) is 49.9 Å². The monoisotopic (exact) mass is 373 g/mol. The highest BCUT2D eigenvalue weighted by atomic mass is 79.9. The fraction of sp³-hybridized carbons (Fsp3) is 0.250. The summed E-state index contributed by atoms with van der Waals surface area (Å²) in [5, 5.41) is 3.33. The van der Waals surface area contributed by atoms with E-state index in [0.29, 0.717) is 6.54 Å². The number of H-pyrrole nitrogens is 1. The highest BCUT2D eigenvalue weighted by Gasteiger charge is 2.07. The number of ether oxygens (including phenoxy) is 1. The van der Waals surface area contributed by atoms with Crippen molar-refractivity contribution < 1.29 is 4.74 Å². The molecule has 6 heteroatoms. The highest BCUT2D eigenvalue weighted by Crippen LogP contribution is 2.34. The third-order valence-corrected chi connectivity index (χ3v) is 3.74. The second-order valence-electron chi connectivity index (χ2n) is 3.81. The van der Waals surface area contributed by atoms with Crippen molar-refractivity contribution in [3.63, 3.8) is 0 Å². The minimum Gasteiger partial charge on any atom is -0.495 e. The maximum atomic E-state index is 5.27. The largest absolute Gasteiger partial charge is 0.495 e. The molecule has 0 saturated heterocycles. The first kappa shape index (κ1) is 13.4. The van der Waals surface area contributed by atoms with Crippen LogP contribution in [-0.4, -0.2) is 17.1 Å². The molecule has 2 N–H and O–H groups in total. The molecule has 0 saturated carbocycles. The van der Waals surface area contributed by atoms with Crippen molar-refractivity contribution in [2.24, 2.45) is 0 Å². The Balaban J connectivity index is 2.13. The molecule has 4 nitrogen and oxygen atoms in total. The minimum absolute atomic E-state index is 0.685. The molecule has 0 aliphatic rings. The van der Waals surface area contributed by atoms with Crippen LogP contribution in [0.15, 0.2) is 27.3 Å². The molecule has 0 fully saturated rings. The van der Waals surface area contributed by atoms with Gasteiger partial charge >= 0.3 is 0 Å². The molecule has 2 rings (SSSR count). The molecule has 0 radical (unpaired) electrons. The number of benzene rings is 1. The van der Waals surface area contributed by atoms with Gasteiger partial charge in [-0.25, -0.2) is 4.98 Å². The quantitative estimate of drug-likeness (QED) is 0.854. The van der Waals surface area contributed by atoms with Gasteiger partial charge in [0, 0.05) is 10.5 Å². The SMILES string of the molecule is COc1cc(NCc2cnc(C)[nH]2)c(Br)cc1Br. The van der Waals surface area contributed by atoms with Gasteiger partial charge in [-0.3, -0.25) is 0 Å². The van der Waals surface area contributed by atoms with Gasteiger partial charge in [-0.15, -0.1) is 0 Å². The van der Waals surface area contributed by atoms with E-state index in [-0.39, 0.29) is 0 Å². The summed E-state index contributed by atoms with van der Waals surface area (Å²) in [5.41, 5.74) is 2.02. The maximum Gasteiger partial charge on any atom is 0.135 e. The van der Waals surface area contributed by atoms with Crippen molar-refractivity contribution in [3.05, 3.63) is 38.8 Å². The second-order valence-corrected chi connectivity index (χ2v) is 5.52. The first-order valence-corrected chi connectivity index (χ1v) is 6.96. The standard InChI is InChI=1S/C12H13Br2N3O/c1-7-15-5-8(17-7)6-16-11-4-12(18-2)10(14)3-9(11)13/h3-5,16H,6H2,1-2H3,(H,15,17). The smallest absolute Gasteiger partial charge is 0.135 e. The predicted molar refractivity (Wildman–Crippen MR) is 79.0 cm³/mol. The first-order chi connectivity index (χ1) is 8.60. The number of hydrogen-bond acceptors (Lipinski definition) is 3. The van der Waals surface area contributed by atoms with E-state index >= 15 is 0 Å². The lowest BCUT2D eigenvalue weighted by molar-refractivity contribution is 0.412. The summed E-state index contributed by atoms with van der Waals surface area (Å²) in [7, 11) is 1.65. The van der Waals surface area contributed by atoms with Crippen molar-refractivity contribution in [2.75, 3.05) is 12.4 Å². The molecule has 0 aliphatic carbocycles. The molecule has 1 aromatic carbocycles. The van der Waals surface area contributed by atoms with Gasteiger partial charge in [0.25, 0.3) is 0 Å². The molecule has 96 valence electrons. The number of rotatable bonds is 4. The normalized spacial score (nSPS) is 10.4. The van der Waals surface area contributed by atoms with Crippen molar-refractivity contribution in [1.82, 2.24) is 9.97 Å². The summed E-state index contributed by atoms with van der Waals surface area (Å²) in [6.45, 7) is 2.62. The summed E-state index contributed by atoms with van der Waals surface area (Å²) >= 11 is 6.96. The van der Waals surface area contributed by atoms with Gasteiger partial charge in [0.05, 0.1) is 35.7 Å². The van der Waals surface area contributed by atoms with Crippen molar-refractivity contribution >= 4 is 37.5 Å². The number of hydrogen-bond donors (Lipinski definition) is 2. The third kappa shape index (κ3) is 3.05. The van der Waals surface area contributed by atoms with Crippen molar-refractivity contribution in [1.29, 1.82) is 0 Å². The number of methoxy groups -OCH3 is 1. The van der Waals surface area contributed by atoms with E-state index in [9.17, 15) is 0 Å². The molecule has 2 aromatic rings. The fourth-order valence-electron chi connectivity index (χ4n) is 1.57. The molecule has 18 heavy (non-hydrogen) atoms. The summed E-state index contributed by atoms with van der Waals surface area (Å²) in [5.74, 6) is 1.71. The van der Waals surface area contributed by atoms with E-state index in [4.69, 9.17) is 4.74 Å². The van der Waals surface area contributed by atoms with Crippen LogP contribution < -0.4 is 10.1 Å². The Labute approximate surface area is 122 Å². The van der Waals surface area contributed by atoms with E-state index in [0.717, 1.165) is 31.9 Å². The Morgan fingerprint density at radius 2 is 2.11 bits per heavy atom. The molecule has 1 heterocycles. The summed E-state index contributed by atoms with van der Waals surface area (Å²) in [4.78, 5) is 7.34. The van der Waals surface area contributed by atoms with E-state index in [1.807, 2.05) is 25.3 Å². The average Bonchev–Trinajstić information content (AvgIpc) is 2.74. The number of nitrogens with zero attached hydrogens (tertiary/aromatic N) is 1. The Kier molecular flexibility index (Phi) is 4.29. The molecule has 0 aliphatic heterocycles. The lowest BCUT2D eigenvalue weighted by Crippen LogP contribution is -2.01. The van der Waals surface area contributed by atoms with Gasteiger partial charge in [0.2, 0.25) is 0 Å². The lowest BCUT2D eigenvalue weighted by Gasteiger charge is -2.11. The highest BCUT2D eigenvalue weighted by molar-refractivity contribution is 9.11. The zero-order chi connectivity index (χ0) is 13.1. The third-order valence-electron chi connectivity index (χ3n) is 2.47. The molecule has 0 atom stereocenters. The number of aromatic amines is 1. The zero-order valence-electron chi connectivity index (χ0n) is 10.1. The number of nitrogens with one attached hydrogen (secondary N) is 2. The van der Waals surface area contributed by atoms with Crippen molar-refractivity contribution in [2.45, 2.75) is 13.5 Å². The van der Waals surface area contributed by atoms with Gasteiger partial charge in [0.1, 0.15) is 11.6 Å². The lowest BCUT2D eigenvalue weighted by atomic mass is 10.3. The van der Waals surface area contributed by atoms with E-state index in [1.54, 1.807) is 7.11 Å². The van der Waals surface area contributed by atoms with Crippen LogP contribution in [0.1, 0.15) is 11.5 Å². The molecular weight excluding hydrogens is 362 g/mol. The number of aromatic nitrogens is 2. The Morgan fingerprint density at radius 3 is 2.72 bits per heavy atom. The fourth-order valence-corrected chi connectivity index (χ4v) is 2.87. The zero-order valence-corrected chi connectivity index (χ0v) is 13.2. The van der Waals surface area contributed by atoms with E-state index in [2.05, 4.69) is 47.1 Å². The summed E-state index contributed by atoms with van der Waals surface area (Å²) in [6, 6.07) is 3.90. The van der Waals surface area contributed by atoms with Crippen LogP contribution in [0.3, 0.4) is 0 Å². The molecule has 0 spiro atoms. The number of anilines is 1. The van der Waals surface area contributed by atoms with Crippen LogP contribution in [-0.2, 0) is 6.54 Å². The first-order valence-electron chi connectivity index (χ1n) is 5.37. The number of imidazole rings is 1. The van der Waals surface area contributed by atoms with Crippen molar-refractivity contribution in [3.8, 4) is 5.75 Å². The molecule has 0 unspecified atom stereocenters. The maximum absolute atomic E-state index is 5.27. The number of halogens is 2. The van der Waals surface area contributed by atoms with Crippen LogP contribution in [0.5, 0.6) is 5.75 Å². The minimum atomic E-state index is 0.685. The Morgan fingerprint density at radius 1 is 1.33 bits per heavy atom. The van der Waals surface area contributed by atoms with E-state index in [1.165, 1.54) is 0 Å². The van der Waals surface area contributed by atoms with Gasteiger partial charge in [-0.2, -0.15) is 0 Å². The predicted octanol–water partition coefficient (Wildman–Crippen LogP) is 3.86. The van der Waals surface area contributed by atoms with Crippen LogP contribution in [0, 0.1) is 6.92 Å². The molecular formula is C12H13Br2N3O. The van der Waals surface area contributed by atoms with Crippen LogP contribution in [0.25, 0.3) is 0 Å². The molecule has 0 amide bonds. The molecule has 1 aromatic heterocycles. The number of aryl methyl sites for hydroxylation is 1. The summed E-state index contributed by atoms with van der Waals surface area (Å²) < 4.78 is 7.16. The summed E-state index contributed by atoms with van der Waals surface area (Å²) in [6.07, 6.45) is 1.83. The Hall–Kier alpha value is -1.01. The van der Waals surface area contributed by atoms with Crippen LogP contribution in [0.4, 0.5) is 5.69 Å². The van der Waals surface area contributed by atoms with Gasteiger partial charge in [0.15, 0.2) is 0 Å². The van der Waals surface area contributed by atoms with Crippen LogP contribution in [0.2, 0.25) is 0 Å². The Bertz CT molecular complexity index is 554.